The highest BCUT2D eigenvalue weighted by Gasteiger charge is 2.35. The summed E-state index contributed by atoms with van der Waals surface area (Å²) in [5.74, 6) is -0.156. The van der Waals surface area contributed by atoms with Crippen molar-refractivity contribution in [3.8, 4) is 0 Å². The molecule has 3 heteroatoms. The SMILES string of the molecule is CC(C)CN(C)C1CCCC1C(=O)O. The largest absolute Gasteiger partial charge is 0.481 e. The van der Waals surface area contributed by atoms with E-state index in [2.05, 4.69) is 18.7 Å². The van der Waals surface area contributed by atoms with E-state index in [0.29, 0.717) is 5.92 Å². The van der Waals surface area contributed by atoms with Crippen LogP contribution in [-0.4, -0.2) is 35.6 Å². The summed E-state index contributed by atoms with van der Waals surface area (Å²) in [4.78, 5) is 13.2. The molecule has 0 bridgehead atoms. The molecule has 3 nitrogen and oxygen atoms in total. The van der Waals surface area contributed by atoms with Gasteiger partial charge in [0.2, 0.25) is 0 Å². The molecule has 1 fully saturated rings. The summed E-state index contributed by atoms with van der Waals surface area (Å²) >= 11 is 0. The van der Waals surface area contributed by atoms with E-state index in [1.807, 2.05) is 7.05 Å². The standard InChI is InChI=1S/C11H21NO2/c1-8(2)7-12(3)10-6-4-5-9(10)11(13)14/h8-10H,4-7H2,1-3H3,(H,13,14). The van der Waals surface area contributed by atoms with E-state index in [-0.39, 0.29) is 12.0 Å². The Labute approximate surface area is 86.1 Å². The topological polar surface area (TPSA) is 40.5 Å². The molecule has 0 aromatic carbocycles. The molecule has 1 saturated carbocycles. The number of hydrogen-bond acceptors (Lipinski definition) is 2. The zero-order valence-corrected chi connectivity index (χ0v) is 9.36. The van der Waals surface area contributed by atoms with Crippen LogP contribution in [0.15, 0.2) is 0 Å². The van der Waals surface area contributed by atoms with E-state index in [9.17, 15) is 4.79 Å². The molecule has 2 atom stereocenters. The van der Waals surface area contributed by atoms with Crippen molar-refractivity contribution in [2.75, 3.05) is 13.6 Å². The molecule has 0 saturated heterocycles. The third kappa shape index (κ3) is 2.71. The monoisotopic (exact) mass is 199 g/mol. The molecular weight excluding hydrogens is 178 g/mol. The van der Waals surface area contributed by atoms with Gasteiger partial charge in [-0.3, -0.25) is 4.79 Å². The summed E-state index contributed by atoms with van der Waals surface area (Å²) in [6.07, 6.45) is 2.95. The average Bonchev–Trinajstić information content (AvgIpc) is 2.49. The molecule has 0 radical (unpaired) electrons. The van der Waals surface area contributed by atoms with Crippen molar-refractivity contribution in [3.63, 3.8) is 0 Å². The quantitative estimate of drug-likeness (QED) is 0.751. The van der Waals surface area contributed by atoms with Crippen LogP contribution in [-0.2, 0) is 4.79 Å². The van der Waals surface area contributed by atoms with Crippen molar-refractivity contribution in [3.05, 3.63) is 0 Å². The van der Waals surface area contributed by atoms with Gasteiger partial charge in [-0.15, -0.1) is 0 Å². The lowest BCUT2D eigenvalue weighted by Gasteiger charge is -2.28. The number of aliphatic carboxylic acids is 1. The van der Waals surface area contributed by atoms with Gasteiger partial charge in [0.1, 0.15) is 0 Å². The number of carboxylic acid groups (broad SMARTS) is 1. The summed E-state index contributed by atoms with van der Waals surface area (Å²) in [6.45, 7) is 5.33. The van der Waals surface area contributed by atoms with E-state index in [4.69, 9.17) is 5.11 Å². The van der Waals surface area contributed by atoms with Crippen molar-refractivity contribution in [2.45, 2.75) is 39.2 Å². The third-order valence-corrected chi connectivity index (χ3v) is 3.02. The molecular formula is C11H21NO2. The molecule has 1 aliphatic carbocycles. The van der Waals surface area contributed by atoms with Gasteiger partial charge in [0.25, 0.3) is 0 Å². The second-order valence-corrected chi connectivity index (χ2v) is 4.78. The van der Waals surface area contributed by atoms with Crippen LogP contribution in [0.1, 0.15) is 33.1 Å². The molecule has 1 aliphatic rings. The van der Waals surface area contributed by atoms with Crippen LogP contribution >= 0.6 is 0 Å². The highest BCUT2D eigenvalue weighted by molar-refractivity contribution is 5.71. The van der Waals surface area contributed by atoms with Crippen LogP contribution in [0, 0.1) is 11.8 Å². The average molecular weight is 199 g/mol. The molecule has 0 aliphatic heterocycles. The van der Waals surface area contributed by atoms with Crippen LogP contribution in [0.25, 0.3) is 0 Å². The first-order valence-corrected chi connectivity index (χ1v) is 5.45. The van der Waals surface area contributed by atoms with Gasteiger partial charge in [-0.25, -0.2) is 0 Å². The number of rotatable bonds is 4. The fourth-order valence-electron chi connectivity index (χ4n) is 2.47. The maximum absolute atomic E-state index is 11.0. The Hall–Kier alpha value is -0.570. The van der Waals surface area contributed by atoms with Gasteiger partial charge in [0.05, 0.1) is 5.92 Å². The van der Waals surface area contributed by atoms with Crippen LogP contribution in [0.4, 0.5) is 0 Å². The predicted molar refractivity (Wildman–Crippen MR) is 56.2 cm³/mol. The van der Waals surface area contributed by atoms with Gasteiger partial charge in [-0.05, 0) is 25.8 Å². The number of nitrogens with zero attached hydrogens (tertiary/aromatic N) is 1. The minimum atomic E-state index is -0.622. The summed E-state index contributed by atoms with van der Waals surface area (Å²) < 4.78 is 0. The zero-order valence-electron chi connectivity index (χ0n) is 9.36. The van der Waals surface area contributed by atoms with Crippen molar-refractivity contribution in [1.29, 1.82) is 0 Å². The van der Waals surface area contributed by atoms with Gasteiger partial charge in [0.15, 0.2) is 0 Å². The van der Waals surface area contributed by atoms with Crippen LogP contribution in [0.5, 0.6) is 0 Å². The van der Waals surface area contributed by atoms with Gasteiger partial charge < -0.3 is 10.0 Å². The van der Waals surface area contributed by atoms with E-state index < -0.39 is 5.97 Å². The van der Waals surface area contributed by atoms with Crippen LogP contribution < -0.4 is 0 Å². The Morgan fingerprint density at radius 3 is 2.64 bits per heavy atom. The van der Waals surface area contributed by atoms with Gasteiger partial charge in [-0.2, -0.15) is 0 Å². The Morgan fingerprint density at radius 2 is 2.14 bits per heavy atom. The normalized spacial score (nSPS) is 27.5. The third-order valence-electron chi connectivity index (χ3n) is 3.02. The minimum absolute atomic E-state index is 0.140. The van der Waals surface area contributed by atoms with Gasteiger partial charge >= 0.3 is 5.97 Å². The summed E-state index contributed by atoms with van der Waals surface area (Å²) in [5.41, 5.74) is 0. The smallest absolute Gasteiger partial charge is 0.308 e. The minimum Gasteiger partial charge on any atom is -0.481 e. The van der Waals surface area contributed by atoms with Crippen molar-refractivity contribution in [2.24, 2.45) is 11.8 Å². The van der Waals surface area contributed by atoms with Crippen molar-refractivity contribution in [1.82, 2.24) is 4.90 Å². The van der Waals surface area contributed by atoms with E-state index >= 15 is 0 Å². The molecule has 14 heavy (non-hydrogen) atoms. The fourth-order valence-corrected chi connectivity index (χ4v) is 2.47. The lowest BCUT2D eigenvalue weighted by atomic mass is 10.0. The Bertz CT molecular complexity index is 203. The van der Waals surface area contributed by atoms with Crippen molar-refractivity contribution >= 4 is 5.97 Å². The highest BCUT2D eigenvalue weighted by Crippen LogP contribution is 2.29. The first kappa shape index (κ1) is 11.5. The first-order chi connectivity index (χ1) is 6.52. The lowest BCUT2D eigenvalue weighted by Crippen LogP contribution is -2.39. The van der Waals surface area contributed by atoms with Gasteiger partial charge in [-0.1, -0.05) is 20.3 Å². The summed E-state index contributed by atoms with van der Waals surface area (Å²) in [5, 5.41) is 9.04. The summed E-state index contributed by atoms with van der Waals surface area (Å²) in [7, 11) is 2.05. The molecule has 1 N–H and O–H groups in total. The number of carboxylic acids is 1. The van der Waals surface area contributed by atoms with Gasteiger partial charge in [0, 0.05) is 12.6 Å². The summed E-state index contributed by atoms with van der Waals surface area (Å²) in [6, 6.07) is 0.259. The maximum Gasteiger partial charge on any atom is 0.308 e. The second-order valence-electron chi connectivity index (χ2n) is 4.78. The molecule has 0 spiro atoms. The lowest BCUT2D eigenvalue weighted by molar-refractivity contribution is -0.143. The number of hydrogen-bond donors (Lipinski definition) is 1. The predicted octanol–water partition coefficient (Wildman–Crippen LogP) is 1.83. The second kappa shape index (κ2) is 4.78. The first-order valence-electron chi connectivity index (χ1n) is 5.45. The molecule has 0 heterocycles. The molecule has 0 amide bonds. The fraction of sp³-hybridized carbons (Fsp3) is 0.909. The molecule has 1 rings (SSSR count). The van der Waals surface area contributed by atoms with E-state index in [0.717, 1.165) is 25.8 Å². The van der Waals surface area contributed by atoms with Crippen LogP contribution in [0.3, 0.4) is 0 Å². The maximum atomic E-state index is 11.0. The Balaban J connectivity index is 2.53. The highest BCUT2D eigenvalue weighted by atomic mass is 16.4. The molecule has 82 valence electrons. The molecule has 0 aromatic rings. The van der Waals surface area contributed by atoms with Crippen LogP contribution in [0.2, 0.25) is 0 Å². The Kier molecular flexibility index (Phi) is 3.93. The van der Waals surface area contributed by atoms with E-state index in [1.54, 1.807) is 0 Å². The zero-order chi connectivity index (χ0) is 10.7. The van der Waals surface area contributed by atoms with E-state index in [1.165, 1.54) is 0 Å². The molecule has 0 aromatic heterocycles. The number of carbonyl (C=O) groups is 1. The Morgan fingerprint density at radius 1 is 1.50 bits per heavy atom. The molecule has 2 unspecified atom stereocenters. The van der Waals surface area contributed by atoms with Crippen molar-refractivity contribution < 1.29 is 9.90 Å².